The van der Waals surface area contributed by atoms with Crippen LogP contribution >= 0.6 is 0 Å². The van der Waals surface area contributed by atoms with Crippen molar-refractivity contribution in [1.82, 2.24) is 19.4 Å². The van der Waals surface area contributed by atoms with E-state index in [4.69, 9.17) is 4.98 Å². The molecule has 0 radical (unpaired) electrons. The number of carbonyl (C=O) groups is 1. The average molecular weight is 369 g/mol. The maximum absolute atomic E-state index is 13.1. The van der Waals surface area contributed by atoms with Crippen molar-refractivity contribution in [2.24, 2.45) is 13.0 Å². The summed E-state index contributed by atoms with van der Waals surface area (Å²) in [5.74, 6) is 1.90. The molecule has 0 N–H and O–H groups in total. The molecule has 2 aliphatic heterocycles. The molecule has 0 spiro atoms. The van der Waals surface area contributed by atoms with Gasteiger partial charge < -0.3 is 14.4 Å². The molecular weight excluding hydrogens is 336 g/mol. The summed E-state index contributed by atoms with van der Waals surface area (Å²) in [6.07, 6.45) is 5.09. The van der Waals surface area contributed by atoms with Crippen LogP contribution in [-0.2, 0) is 11.8 Å². The van der Waals surface area contributed by atoms with Crippen LogP contribution in [0.3, 0.4) is 0 Å². The molecule has 0 aliphatic carbocycles. The topological polar surface area (TPSA) is 41.4 Å². The monoisotopic (exact) mass is 368 g/mol. The Bertz CT molecular complexity index is 804. The molecule has 1 aromatic carbocycles. The first kappa shape index (κ1) is 18.5. The maximum Gasteiger partial charge on any atom is 0.223 e. The fourth-order valence-electron chi connectivity index (χ4n) is 4.83. The van der Waals surface area contributed by atoms with Crippen LogP contribution < -0.4 is 0 Å². The van der Waals surface area contributed by atoms with E-state index in [1.165, 1.54) is 0 Å². The Balaban J connectivity index is 1.45. The van der Waals surface area contributed by atoms with Gasteiger partial charge in [-0.15, -0.1) is 0 Å². The summed E-state index contributed by atoms with van der Waals surface area (Å²) in [6.45, 7) is 7.65. The summed E-state index contributed by atoms with van der Waals surface area (Å²) in [5, 5.41) is 0. The smallest absolute Gasteiger partial charge is 0.223 e. The van der Waals surface area contributed by atoms with Crippen molar-refractivity contribution >= 4 is 16.9 Å². The molecular formula is C22H32N4O. The van der Waals surface area contributed by atoms with E-state index in [2.05, 4.69) is 53.5 Å². The molecule has 2 saturated heterocycles. The summed E-state index contributed by atoms with van der Waals surface area (Å²) in [4.78, 5) is 22.6. The van der Waals surface area contributed by atoms with Crippen molar-refractivity contribution in [2.45, 2.75) is 58.0 Å². The van der Waals surface area contributed by atoms with E-state index in [1.54, 1.807) is 0 Å². The molecule has 1 atom stereocenters. The molecule has 0 unspecified atom stereocenters. The van der Waals surface area contributed by atoms with E-state index in [0.717, 1.165) is 62.2 Å². The van der Waals surface area contributed by atoms with E-state index >= 15 is 0 Å². The molecule has 27 heavy (non-hydrogen) atoms. The van der Waals surface area contributed by atoms with Gasteiger partial charge >= 0.3 is 0 Å². The molecule has 2 aliphatic rings. The molecule has 0 bridgehead atoms. The maximum atomic E-state index is 13.1. The lowest BCUT2D eigenvalue weighted by molar-refractivity contribution is -0.133. The van der Waals surface area contributed by atoms with Gasteiger partial charge in [0.25, 0.3) is 0 Å². The van der Waals surface area contributed by atoms with Gasteiger partial charge in [0.05, 0.1) is 17.1 Å². The third-order valence-electron chi connectivity index (χ3n) is 6.54. The molecule has 3 heterocycles. The van der Waals surface area contributed by atoms with Gasteiger partial charge in [-0.3, -0.25) is 4.79 Å². The zero-order chi connectivity index (χ0) is 19.0. The molecule has 146 valence electrons. The van der Waals surface area contributed by atoms with E-state index < -0.39 is 0 Å². The average Bonchev–Trinajstić information content (AvgIpc) is 3.27. The summed E-state index contributed by atoms with van der Waals surface area (Å²) in [6, 6.07) is 8.99. The SMILES string of the molecule is CC(C)N1CCC(CC(=O)N2CCC[C@H]2c2nc3ccccc3n2C)CC1. The van der Waals surface area contributed by atoms with Gasteiger partial charge in [0.15, 0.2) is 0 Å². The Morgan fingerprint density at radius 1 is 1.15 bits per heavy atom. The second-order valence-corrected chi connectivity index (χ2v) is 8.54. The summed E-state index contributed by atoms with van der Waals surface area (Å²) in [7, 11) is 2.08. The van der Waals surface area contributed by atoms with E-state index in [9.17, 15) is 4.79 Å². The van der Waals surface area contributed by atoms with E-state index in [-0.39, 0.29) is 6.04 Å². The first-order chi connectivity index (χ1) is 13.0. The molecule has 5 nitrogen and oxygen atoms in total. The van der Waals surface area contributed by atoms with Crippen molar-refractivity contribution < 1.29 is 4.79 Å². The van der Waals surface area contributed by atoms with Crippen molar-refractivity contribution in [1.29, 1.82) is 0 Å². The van der Waals surface area contributed by atoms with Gasteiger partial charge in [-0.2, -0.15) is 0 Å². The fraction of sp³-hybridized carbons (Fsp3) is 0.636. The predicted octanol–water partition coefficient (Wildman–Crippen LogP) is 3.75. The highest BCUT2D eigenvalue weighted by Crippen LogP contribution is 2.34. The minimum absolute atomic E-state index is 0.130. The number of nitrogens with zero attached hydrogens (tertiary/aromatic N) is 4. The van der Waals surface area contributed by atoms with Gasteiger partial charge in [-0.25, -0.2) is 4.98 Å². The Kier molecular flexibility index (Phi) is 5.22. The van der Waals surface area contributed by atoms with Crippen LogP contribution in [0.2, 0.25) is 0 Å². The number of imidazole rings is 1. The predicted molar refractivity (Wildman–Crippen MR) is 108 cm³/mol. The van der Waals surface area contributed by atoms with Crippen LogP contribution in [0.4, 0.5) is 0 Å². The number of benzene rings is 1. The molecule has 1 aromatic heterocycles. The number of fused-ring (bicyclic) bond motifs is 1. The number of likely N-dealkylation sites (tertiary alicyclic amines) is 2. The molecule has 0 saturated carbocycles. The fourth-order valence-corrected chi connectivity index (χ4v) is 4.83. The van der Waals surface area contributed by atoms with Gasteiger partial charge in [-0.1, -0.05) is 12.1 Å². The highest BCUT2D eigenvalue weighted by molar-refractivity contribution is 5.78. The highest BCUT2D eigenvalue weighted by Gasteiger charge is 2.34. The molecule has 5 heteroatoms. The minimum atomic E-state index is 0.130. The lowest BCUT2D eigenvalue weighted by Crippen LogP contribution is -2.40. The van der Waals surface area contributed by atoms with Crippen LogP contribution in [0.5, 0.6) is 0 Å². The second-order valence-electron chi connectivity index (χ2n) is 8.54. The Hall–Kier alpha value is -1.88. The first-order valence-corrected chi connectivity index (χ1v) is 10.5. The molecule has 1 amide bonds. The second kappa shape index (κ2) is 7.63. The molecule has 2 aromatic rings. The van der Waals surface area contributed by atoms with Crippen molar-refractivity contribution in [3.63, 3.8) is 0 Å². The van der Waals surface area contributed by atoms with Crippen LogP contribution in [-0.4, -0.2) is 50.9 Å². The van der Waals surface area contributed by atoms with E-state index in [0.29, 0.717) is 24.3 Å². The van der Waals surface area contributed by atoms with Gasteiger partial charge in [0.2, 0.25) is 5.91 Å². The highest BCUT2D eigenvalue weighted by atomic mass is 16.2. The third kappa shape index (κ3) is 3.62. The van der Waals surface area contributed by atoms with Crippen molar-refractivity contribution in [3.8, 4) is 0 Å². The number of aryl methyl sites for hydroxylation is 1. The van der Waals surface area contributed by atoms with Crippen molar-refractivity contribution in [3.05, 3.63) is 30.1 Å². The van der Waals surface area contributed by atoms with Crippen molar-refractivity contribution in [2.75, 3.05) is 19.6 Å². The number of piperidine rings is 1. The molecule has 2 fully saturated rings. The first-order valence-electron chi connectivity index (χ1n) is 10.5. The lowest BCUT2D eigenvalue weighted by Gasteiger charge is -2.35. The van der Waals surface area contributed by atoms with Crippen LogP contribution in [0.1, 0.15) is 57.8 Å². The van der Waals surface area contributed by atoms with Crippen LogP contribution in [0.15, 0.2) is 24.3 Å². The number of hydrogen-bond donors (Lipinski definition) is 0. The minimum Gasteiger partial charge on any atom is -0.332 e. The largest absolute Gasteiger partial charge is 0.332 e. The standard InChI is InChI=1S/C22H32N4O/c1-16(2)25-13-10-17(11-14-25)15-21(27)26-12-6-9-20(26)22-23-18-7-4-5-8-19(18)24(22)3/h4-5,7-8,16-17,20H,6,9-15H2,1-3H3/t20-/m0/s1. The number of carbonyl (C=O) groups excluding carboxylic acids is 1. The third-order valence-corrected chi connectivity index (χ3v) is 6.54. The summed E-state index contributed by atoms with van der Waals surface area (Å²) < 4.78 is 2.17. The number of hydrogen-bond acceptors (Lipinski definition) is 3. The quantitative estimate of drug-likeness (QED) is 0.825. The van der Waals surface area contributed by atoms with E-state index in [1.807, 2.05) is 6.07 Å². The zero-order valence-electron chi connectivity index (χ0n) is 16.9. The number of aromatic nitrogens is 2. The number of rotatable bonds is 4. The van der Waals surface area contributed by atoms with Crippen LogP contribution in [0.25, 0.3) is 11.0 Å². The van der Waals surface area contributed by atoms with Gasteiger partial charge in [0, 0.05) is 26.1 Å². The lowest BCUT2D eigenvalue weighted by atomic mass is 9.92. The summed E-state index contributed by atoms with van der Waals surface area (Å²) >= 11 is 0. The number of para-hydroxylation sites is 2. The van der Waals surface area contributed by atoms with Crippen LogP contribution in [0, 0.1) is 5.92 Å². The number of amides is 1. The van der Waals surface area contributed by atoms with Gasteiger partial charge in [-0.05, 0) is 70.7 Å². The van der Waals surface area contributed by atoms with Gasteiger partial charge in [0.1, 0.15) is 5.82 Å². The Morgan fingerprint density at radius 3 is 2.59 bits per heavy atom. The molecule has 4 rings (SSSR count). The summed E-state index contributed by atoms with van der Waals surface area (Å²) in [5.41, 5.74) is 2.17. The normalized spacial score (nSPS) is 22.2. The Labute approximate surface area is 162 Å². The zero-order valence-corrected chi connectivity index (χ0v) is 16.9. The Morgan fingerprint density at radius 2 is 1.89 bits per heavy atom.